The van der Waals surface area contributed by atoms with Gasteiger partial charge in [-0.25, -0.2) is 4.79 Å². The molecule has 0 aromatic heterocycles. The van der Waals surface area contributed by atoms with Gasteiger partial charge >= 0.3 is 6.09 Å². The van der Waals surface area contributed by atoms with E-state index in [0.29, 0.717) is 35.5 Å². The maximum atomic E-state index is 13.1. The third kappa shape index (κ3) is 7.39. The molecule has 4 rings (SSSR count). The number of benzene rings is 4. The fraction of sp³-hybridized carbons (Fsp3) is 0.161. The number of fused-ring (bicyclic) bond motifs is 1. The Kier molecular flexibility index (Phi) is 9.22. The van der Waals surface area contributed by atoms with E-state index in [1.54, 1.807) is 48.5 Å². The first-order chi connectivity index (χ1) is 18.8. The van der Waals surface area contributed by atoms with Crippen LogP contribution >= 0.6 is 15.9 Å². The Morgan fingerprint density at radius 1 is 0.974 bits per heavy atom. The van der Waals surface area contributed by atoms with Gasteiger partial charge in [0.15, 0.2) is 0 Å². The van der Waals surface area contributed by atoms with Crippen molar-refractivity contribution in [3.8, 4) is 5.75 Å². The van der Waals surface area contributed by atoms with Crippen LogP contribution in [0.5, 0.6) is 5.75 Å². The Bertz CT molecular complexity index is 1500. The highest BCUT2D eigenvalue weighted by Gasteiger charge is 2.26. The zero-order valence-electron chi connectivity index (χ0n) is 21.4. The van der Waals surface area contributed by atoms with Crippen LogP contribution in [-0.2, 0) is 9.53 Å². The van der Waals surface area contributed by atoms with Gasteiger partial charge in [0, 0.05) is 15.4 Å². The fourth-order valence-corrected chi connectivity index (χ4v) is 4.69. The number of hydrogen-bond acceptors (Lipinski definition) is 5. The molecule has 200 valence electrons. The molecule has 0 aliphatic carbocycles. The number of hydrogen-bond donors (Lipinski definition) is 4. The minimum atomic E-state index is -0.733. The molecule has 0 spiro atoms. The van der Waals surface area contributed by atoms with Crippen LogP contribution in [0.15, 0.2) is 102 Å². The first-order valence-electron chi connectivity index (χ1n) is 12.6. The number of anilines is 3. The number of phenolic OH excluding ortho intramolecular Hbond substituents is 1. The van der Waals surface area contributed by atoms with E-state index in [0.717, 1.165) is 15.2 Å². The Balaban J connectivity index is 1.44. The summed E-state index contributed by atoms with van der Waals surface area (Å²) in [5.74, 6) is -0.434. The van der Waals surface area contributed by atoms with Gasteiger partial charge in [-0.05, 0) is 66.6 Å². The maximum Gasteiger partial charge on any atom is 0.412 e. The average molecular weight is 589 g/mol. The van der Waals surface area contributed by atoms with Crippen LogP contribution in [0.3, 0.4) is 0 Å². The molecule has 0 fully saturated rings. The number of nitrogens with one attached hydrogen (secondary N) is 2. The molecule has 5 N–H and O–H groups in total. The first kappa shape index (κ1) is 27.7. The highest BCUT2D eigenvalue weighted by atomic mass is 79.9. The molecule has 0 saturated carbocycles. The second kappa shape index (κ2) is 13.0. The van der Waals surface area contributed by atoms with Gasteiger partial charge in [-0.1, -0.05) is 77.5 Å². The number of carbonyl (C=O) groups is 2. The molecule has 0 radical (unpaired) electrons. The number of amides is 2. The number of phenols is 1. The number of nitrogen functional groups attached to an aromatic ring is 1. The van der Waals surface area contributed by atoms with E-state index in [1.807, 2.05) is 49.4 Å². The van der Waals surface area contributed by atoms with Crippen molar-refractivity contribution < 1.29 is 19.4 Å². The predicted octanol–water partition coefficient (Wildman–Crippen LogP) is 7.79. The number of halogens is 1. The summed E-state index contributed by atoms with van der Waals surface area (Å²) in [5, 5.41) is 18.1. The Morgan fingerprint density at radius 2 is 1.69 bits per heavy atom. The molecule has 7 nitrogen and oxygen atoms in total. The van der Waals surface area contributed by atoms with E-state index in [2.05, 4.69) is 26.6 Å². The number of aromatic hydroxyl groups is 1. The lowest BCUT2D eigenvalue weighted by atomic mass is 9.92. The van der Waals surface area contributed by atoms with E-state index in [-0.39, 0.29) is 17.6 Å². The summed E-state index contributed by atoms with van der Waals surface area (Å²) in [4.78, 5) is 25.3. The van der Waals surface area contributed by atoms with Crippen molar-refractivity contribution >= 4 is 55.8 Å². The summed E-state index contributed by atoms with van der Waals surface area (Å²) in [6.45, 7) is 1.94. The standard InChI is InChI=1S/C31H30BrN3O4/c1-20(9-2-7-16-29(37)34-27-14-6-5-13-25(27)33)30(24-19-22(32)17-18-28(24)36)39-31(38)35-26-15-8-11-21-10-3-4-12-23(21)26/h3-8,10-20,30,36H,2,9,33H2,1H3,(H,34,37)(H,35,38)/b16-7+/t20-,30-/m1/s1. The first-order valence-corrected chi connectivity index (χ1v) is 13.4. The number of nitrogens with two attached hydrogens (primary N) is 1. The predicted molar refractivity (Wildman–Crippen MR) is 160 cm³/mol. The fourth-order valence-electron chi connectivity index (χ4n) is 4.31. The molecule has 2 atom stereocenters. The highest BCUT2D eigenvalue weighted by Crippen LogP contribution is 2.37. The van der Waals surface area contributed by atoms with Gasteiger partial charge in [0.2, 0.25) is 5.91 Å². The van der Waals surface area contributed by atoms with Crippen LogP contribution in [0.1, 0.15) is 31.4 Å². The summed E-state index contributed by atoms with van der Waals surface area (Å²) in [6, 6.07) is 25.5. The average Bonchev–Trinajstić information content (AvgIpc) is 2.92. The van der Waals surface area contributed by atoms with E-state index in [4.69, 9.17) is 10.5 Å². The number of rotatable bonds is 9. The molecule has 2 amide bonds. The number of ether oxygens (including phenoxy) is 1. The van der Waals surface area contributed by atoms with Gasteiger partial charge in [-0.15, -0.1) is 0 Å². The summed E-state index contributed by atoms with van der Waals surface area (Å²) in [6.07, 6.45) is 3.01. The Labute approximate surface area is 235 Å². The lowest BCUT2D eigenvalue weighted by molar-refractivity contribution is -0.111. The van der Waals surface area contributed by atoms with Gasteiger partial charge in [0.05, 0.1) is 17.1 Å². The monoisotopic (exact) mass is 587 g/mol. The molecule has 0 heterocycles. The lowest BCUT2D eigenvalue weighted by Crippen LogP contribution is -2.22. The molecule has 0 bridgehead atoms. The molecule has 0 aliphatic heterocycles. The molecule has 0 unspecified atom stereocenters. The van der Waals surface area contributed by atoms with Gasteiger partial charge in [0.25, 0.3) is 0 Å². The minimum absolute atomic E-state index is 0.0309. The van der Waals surface area contributed by atoms with Crippen LogP contribution < -0.4 is 16.4 Å². The molecule has 0 saturated heterocycles. The van der Waals surface area contributed by atoms with Crippen molar-refractivity contribution in [1.82, 2.24) is 0 Å². The van der Waals surface area contributed by atoms with Crippen LogP contribution in [0.4, 0.5) is 21.9 Å². The van der Waals surface area contributed by atoms with Gasteiger partial charge < -0.3 is 20.9 Å². The Morgan fingerprint density at radius 3 is 2.51 bits per heavy atom. The lowest BCUT2D eigenvalue weighted by Gasteiger charge is -2.25. The Hall–Kier alpha value is -4.30. The maximum absolute atomic E-state index is 13.1. The molecular formula is C31H30BrN3O4. The van der Waals surface area contributed by atoms with Gasteiger partial charge in [-0.2, -0.15) is 0 Å². The summed E-state index contributed by atoms with van der Waals surface area (Å²) in [7, 11) is 0. The van der Waals surface area contributed by atoms with E-state index in [1.165, 1.54) is 6.08 Å². The number of para-hydroxylation sites is 2. The zero-order valence-corrected chi connectivity index (χ0v) is 23.0. The van der Waals surface area contributed by atoms with E-state index >= 15 is 0 Å². The van der Waals surface area contributed by atoms with Gasteiger partial charge in [0.1, 0.15) is 11.9 Å². The van der Waals surface area contributed by atoms with E-state index in [9.17, 15) is 14.7 Å². The van der Waals surface area contributed by atoms with Crippen LogP contribution in [0, 0.1) is 5.92 Å². The van der Waals surface area contributed by atoms with Gasteiger partial charge in [-0.3, -0.25) is 10.1 Å². The quantitative estimate of drug-likeness (QED) is 0.118. The third-order valence-electron chi connectivity index (χ3n) is 6.35. The van der Waals surface area contributed by atoms with Crippen molar-refractivity contribution in [3.63, 3.8) is 0 Å². The van der Waals surface area contributed by atoms with Crippen molar-refractivity contribution in [2.24, 2.45) is 5.92 Å². The minimum Gasteiger partial charge on any atom is -0.508 e. The smallest absolute Gasteiger partial charge is 0.412 e. The van der Waals surface area contributed by atoms with Crippen molar-refractivity contribution in [2.75, 3.05) is 16.4 Å². The summed E-state index contributed by atoms with van der Waals surface area (Å²) >= 11 is 3.44. The molecule has 39 heavy (non-hydrogen) atoms. The second-order valence-electron chi connectivity index (χ2n) is 9.21. The number of allylic oxidation sites excluding steroid dienone is 1. The molecule has 0 aliphatic rings. The molecular weight excluding hydrogens is 558 g/mol. The highest BCUT2D eigenvalue weighted by molar-refractivity contribution is 9.10. The number of carbonyl (C=O) groups excluding carboxylic acids is 2. The van der Waals surface area contributed by atoms with Crippen molar-refractivity contribution in [2.45, 2.75) is 25.9 Å². The summed E-state index contributed by atoms with van der Waals surface area (Å²) < 4.78 is 6.66. The third-order valence-corrected chi connectivity index (χ3v) is 6.84. The zero-order chi connectivity index (χ0) is 27.8. The largest absolute Gasteiger partial charge is 0.508 e. The molecule has 4 aromatic carbocycles. The van der Waals surface area contributed by atoms with Crippen LogP contribution in [-0.4, -0.2) is 17.1 Å². The van der Waals surface area contributed by atoms with Crippen molar-refractivity contribution in [3.05, 3.63) is 107 Å². The normalized spacial score (nSPS) is 12.7. The topological polar surface area (TPSA) is 114 Å². The molecule has 4 aromatic rings. The second-order valence-corrected chi connectivity index (χ2v) is 10.1. The van der Waals surface area contributed by atoms with Crippen LogP contribution in [0.2, 0.25) is 0 Å². The SMILES string of the molecule is C[C@H](CC/C=C/C(=O)Nc1ccccc1N)[C@@H](OC(=O)Nc1cccc2ccccc12)c1cc(Br)ccc1O. The molecule has 8 heteroatoms. The summed E-state index contributed by atoms with van der Waals surface area (Å²) in [5.41, 5.74) is 8.05. The van der Waals surface area contributed by atoms with Crippen LogP contribution in [0.25, 0.3) is 10.8 Å². The van der Waals surface area contributed by atoms with Crippen molar-refractivity contribution in [1.29, 1.82) is 0 Å². The van der Waals surface area contributed by atoms with E-state index < -0.39 is 12.2 Å².